The monoisotopic (exact) mass is 317 g/mol. The lowest BCUT2D eigenvalue weighted by atomic mass is 10.2. The van der Waals surface area contributed by atoms with Crippen LogP contribution in [0.25, 0.3) is 0 Å². The zero-order valence-corrected chi connectivity index (χ0v) is 11.9. The summed E-state index contributed by atoms with van der Waals surface area (Å²) in [5, 5.41) is 2.91. The van der Waals surface area contributed by atoms with Gasteiger partial charge in [-0.15, -0.1) is 0 Å². The van der Waals surface area contributed by atoms with Crippen molar-refractivity contribution in [1.82, 2.24) is 5.32 Å². The molecule has 1 N–H and O–H groups in total. The van der Waals surface area contributed by atoms with Gasteiger partial charge in [-0.1, -0.05) is 28.1 Å². The van der Waals surface area contributed by atoms with Gasteiger partial charge in [-0.3, -0.25) is 0 Å². The minimum atomic E-state index is -2.95. The molecule has 0 radical (unpaired) electrons. The average molecular weight is 318 g/mol. The molecule has 3 nitrogen and oxygen atoms in total. The van der Waals surface area contributed by atoms with Crippen molar-refractivity contribution in [1.29, 1.82) is 0 Å². The standard InChI is InChI=1S/C12H16BrNO2S/c13-11-3-1-2-10(8-11)5-7-17(15,16)12-4-6-14-9-12/h1-3,8,12,14H,4-7,9H2. The number of hydrogen-bond donors (Lipinski definition) is 1. The van der Waals surface area contributed by atoms with Crippen LogP contribution in [0.15, 0.2) is 28.7 Å². The van der Waals surface area contributed by atoms with Crippen LogP contribution in [0.5, 0.6) is 0 Å². The molecule has 0 aliphatic carbocycles. The molecule has 5 heteroatoms. The number of nitrogens with one attached hydrogen (secondary N) is 1. The third kappa shape index (κ3) is 3.53. The van der Waals surface area contributed by atoms with Gasteiger partial charge in [-0.05, 0) is 37.1 Å². The Morgan fingerprint density at radius 3 is 2.88 bits per heavy atom. The topological polar surface area (TPSA) is 46.2 Å². The summed E-state index contributed by atoms with van der Waals surface area (Å²) in [7, 11) is -2.95. The van der Waals surface area contributed by atoms with Gasteiger partial charge in [0.05, 0.1) is 11.0 Å². The van der Waals surface area contributed by atoms with E-state index in [0.29, 0.717) is 13.0 Å². The lowest BCUT2D eigenvalue weighted by molar-refractivity contribution is 0.582. The predicted molar refractivity (Wildman–Crippen MR) is 72.9 cm³/mol. The molecular weight excluding hydrogens is 302 g/mol. The number of sulfone groups is 1. The van der Waals surface area contributed by atoms with Crippen LogP contribution >= 0.6 is 15.9 Å². The minimum Gasteiger partial charge on any atom is -0.315 e. The normalized spacial score (nSPS) is 20.6. The number of rotatable bonds is 4. The van der Waals surface area contributed by atoms with E-state index in [1.54, 1.807) is 0 Å². The summed E-state index contributed by atoms with van der Waals surface area (Å²) in [6.45, 7) is 1.43. The van der Waals surface area contributed by atoms with Gasteiger partial charge in [0.25, 0.3) is 0 Å². The smallest absolute Gasteiger partial charge is 0.154 e. The van der Waals surface area contributed by atoms with E-state index in [-0.39, 0.29) is 11.0 Å². The van der Waals surface area contributed by atoms with Crippen molar-refractivity contribution < 1.29 is 8.42 Å². The Labute approximate surface area is 111 Å². The maximum absolute atomic E-state index is 12.0. The summed E-state index contributed by atoms with van der Waals surface area (Å²) in [4.78, 5) is 0. The minimum absolute atomic E-state index is 0.186. The Hall–Kier alpha value is -0.390. The number of benzene rings is 1. The molecule has 1 fully saturated rings. The van der Waals surface area contributed by atoms with Crippen LogP contribution in [0.1, 0.15) is 12.0 Å². The molecule has 1 saturated heterocycles. The Morgan fingerprint density at radius 1 is 1.41 bits per heavy atom. The fourth-order valence-electron chi connectivity index (χ4n) is 2.05. The predicted octanol–water partition coefficient (Wildman–Crippen LogP) is 1.77. The van der Waals surface area contributed by atoms with Gasteiger partial charge in [0, 0.05) is 11.0 Å². The summed E-state index contributed by atoms with van der Waals surface area (Å²) in [5.41, 5.74) is 1.06. The lowest BCUT2D eigenvalue weighted by Crippen LogP contribution is -2.27. The van der Waals surface area contributed by atoms with Crippen molar-refractivity contribution in [2.75, 3.05) is 18.8 Å². The second-order valence-electron chi connectivity index (χ2n) is 4.36. The van der Waals surface area contributed by atoms with E-state index < -0.39 is 9.84 Å². The maximum atomic E-state index is 12.0. The van der Waals surface area contributed by atoms with Crippen LogP contribution in [0.3, 0.4) is 0 Å². The number of aryl methyl sites for hydroxylation is 1. The molecule has 1 atom stereocenters. The molecule has 0 amide bonds. The Bertz CT molecular complexity index is 481. The molecule has 0 bridgehead atoms. The summed E-state index contributed by atoms with van der Waals surface area (Å²) >= 11 is 3.39. The zero-order chi connectivity index (χ0) is 12.3. The fourth-order valence-corrected chi connectivity index (χ4v) is 4.20. The van der Waals surface area contributed by atoms with Crippen LogP contribution in [-0.2, 0) is 16.3 Å². The number of hydrogen-bond acceptors (Lipinski definition) is 3. The van der Waals surface area contributed by atoms with Gasteiger partial charge >= 0.3 is 0 Å². The molecule has 17 heavy (non-hydrogen) atoms. The van der Waals surface area contributed by atoms with Crippen molar-refractivity contribution in [3.05, 3.63) is 34.3 Å². The first-order valence-electron chi connectivity index (χ1n) is 5.75. The van der Waals surface area contributed by atoms with Crippen LogP contribution in [0.2, 0.25) is 0 Å². The first kappa shape index (κ1) is 13.1. The van der Waals surface area contributed by atoms with Gasteiger partial charge in [-0.25, -0.2) is 8.42 Å². The van der Waals surface area contributed by atoms with Crippen LogP contribution < -0.4 is 5.32 Å². The SMILES string of the molecule is O=S(=O)(CCc1cccc(Br)c1)C1CCNC1. The van der Waals surface area contributed by atoms with Crippen LogP contribution in [0.4, 0.5) is 0 Å². The van der Waals surface area contributed by atoms with E-state index in [1.807, 2.05) is 24.3 Å². The van der Waals surface area contributed by atoms with Crippen molar-refractivity contribution >= 4 is 25.8 Å². The molecule has 1 aromatic rings. The van der Waals surface area contributed by atoms with Crippen LogP contribution in [0, 0.1) is 0 Å². The quantitative estimate of drug-likeness (QED) is 0.920. The molecular formula is C12H16BrNO2S. The molecule has 1 aliphatic rings. The first-order valence-corrected chi connectivity index (χ1v) is 8.25. The molecule has 94 valence electrons. The summed E-state index contributed by atoms with van der Waals surface area (Å²) in [6.07, 6.45) is 1.35. The lowest BCUT2D eigenvalue weighted by Gasteiger charge is -2.10. The molecule has 1 unspecified atom stereocenters. The van der Waals surface area contributed by atoms with Crippen molar-refractivity contribution in [2.24, 2.45) is 0 Å². The van der Waals surface area contributed by atoms with Crippen molar-refractivity contribution in [3.8, 4) is 0 Å². The fraction of sp³-hybridized carbons (Fsp3) is 0.500. The third-order valence-corrected chi connectivity index (χ3v) is 5.77. The molecule has 0 spiro atoms. The number of halogens is 1. The molecule has 1 aliphatic heterocycles. The Balaban J connectivity index is 1.97. The first-order chi connectivity index (χ1) is 8.08. The second kappa shape index (κ2) is 5.50. The van der Waals surface area contributed by atoms with Crippen molar-refractivity contribution in [2.45, 2.75) is 18.1 Å². The van der Waals surface area contributed by atoms with Crippen molar-refractivity contribution in [3.63, 3.8) is 0 Å². The van der Waals surface area contributed by atoms with E-state index in [9.17, 15) is 8.42 Å². The largest absolute Gasteiger partial charge is 0.315 e. The average Bonchev–Trinajstić information content (AvgIpc) is 2.81. The third-order valence-electron chi connectivity index (χ3n) is 3.09. The highest BCUT2D eigenvalue weighted by Crippen LogP contribution is 2.15. The second-order valence-corrected chi connectivity index (χ2v) is 7.68. The van der Waals surface area contributed by atoms with Gasteiger partial charge < -0.3 is 5.32 Å². The maximum Gasteiger partial charge on any atom is 0.154 e. The summed E-state index contributed by atoms with van der Waals surface area (Å²) in [5.74, 6) is 0.246. The zero-order valence-electron chi connectivity index (χ0n) is 9.52. The highest BCUT2D eigenvalue weighted by molar-refractivity contribution is 9.10. The summed E-state index contributed by atoms with van der Waals surface area (Å²) in [6, 6.07) is 7.82. The molecule has 0 saturated carbocycles. The highest BCUT2D eigenvalue weighted by atomic mass is 79.9. The van der Waals surface area contributed by atoms with Gasteiger partial charge in [-0.2, -0.15) is 0 Å². The summed E-state index contributed by atoms with van der Waals surface area (Å²) < 4.78 is 25.1. The van der Waals surface area contributed by atoms with E-state index in [2.05, 4.69) is 21.2 Å². The Kier molecular flexibility index (Phi) is 4.22. The van der Waals surface area contributed by atoms with E-state index in [4.69, 9.17) is 0 Å². The molecule has 1 heterocycles. The van der Waals surface area contributed by atoms with Crippen LogP contribution in [-0.4, -0.2) is 32.5 Å². The van der Waals surface area contributed by atoms with Gasteiger partial charge in [0.2, 0.25) is 0 Å². The highest BCUT2D eigenvalue weighted by Gasteiger charge is 2.27. The molecule has 1 aromatic carbocycles. The molecule has 2 rings (SSSR count). The van der Waals surface area contributed by atoms with E-state index in [1.165, 1.54) is 0 Å². The van der Waals surface area contributed by atoms with Gasteiger partial charge in [0.15, 0.2) is 9.84 Å². The van der Waals surface area contributed by atoms with Gasteiger partial charge in [0.1, 0.15) is 0 Å². The molecule has 0 aromatic heterocycles. The Morgan fingerprint density at radius 2 is 2.24 bits per heavy atom. The van der Waals surface area contributed by atoms with E-state index in [0.717, 1.165) is 23.0 Å². The van der Waals surface area contributed by atoms with E-state index >= 15 is 0 Å².